The van der Waals surface area contributed by atoms with Crippen LogP contribution in [-0.4, -0.2) is 83.3 Å². The maximum Gasteiger partial charge on any atom is 0.350 e. The number of fused-ring (bicyclic) bond motifs is 3. The molecule has 318 valence electrons. The second-order valence-corrected chi connectivity index (χ2v) is 17.7. The summed E-state index contributed by atoms with van der Waals surface area (Å²) in [4.78, 5) is 53.6. The van der Waals surface area contributed by atoms with Crippen LogP contribution in [0.1, 0.15) is 97.2 Å². The Bertz CT molecular complexity index is 2200. The summed E-state index contributed by atoms with van der Waals surface area (Å²) in [5.41, 5.74) is 7.26. The lowest BCUT2D eigenvalue weighted by atomic mass is 9.68. The Morgan fingerprint density at radius 3 is 2.68 bits per heavy atom. The highest BCUT2D eigenvalue weighted by Crippen LogP contribution is 2.60. The normalized spacial score (nSPS) is 24.8. The monoisotopic (exact) mass is 816 g/mol. The van der Waals surface area contributed by atoms with E-state index in [0.717, 1.165) is 48.3 Å². The second-order valence-electron chi connectivity index (χ2n) is 17.7. The summed E-state index contributed by atoms with van der Waals surface area (Å²) >= 11 is 0. The van der Waals surface area contributed by atoms with Crippen molar-refractivity contribution < 1.29 is 29.0 Å². The summed E-state index contributed by atoms with van der Waals surface area (Å²) in [5, 5.41) is 20.7. The number of likely N-dealkylation sites (N-methyl/N-ethyl adjacent to an activating group) is 1. The van der Waals surface area contributed by atoms with Crippen molar-refractivity contribution in [3.05, 3.63) is 118 Å². The fraction of sp³-hybridized carbons (Fsp3) is 0.479. The number of aromatic nitrogens is 2. The Morgan fingerprint density at radius 2 is 1.93 bits per heavy atom. The molecule has 3 aliphatic carbocycles. The van der Waals surface area contributed by atoms with E-state index in [2.05, 4.69) is 64.9 Å². The number of nitrogens with zero attached hydrogens (tertiary/aromatic N) is 2. The number of carbonyl (C=O) groups excluding carboxylic acids is 3. The number of allylic oxidation sites excluding steroid dienone is 4. The maximum absolute atomic E-state index is 15.2. The summed E-state index contributed by atoms with van der Waals surface area (Å²) < 4.78 is 12.6. The van der Waals surface area contributed by atoms with E-state index >= 15 is 9.59 Å². The number of nitrogens with one attached hydrogen (secondary N) is 3. The Kier molecular flexibility index (Phi) is 12.9. The van der Waals surface area contributed by atoms with Crippen molar-refractivity contribution >= 4 is 29.2 Å². The van der Waals surface area contributed by atoms with Crippen LogP contribution in [0.4, 0.5) is 11.6 Å². The molecule has 1 saturated heterocycles. The van der Waals surface area contributed by atoms with E-state index in [9.17, 15) is 9.90 Å². The van der Waals surface area contributed by atoms with Crippen LogP contribution in [0.3, 0.4) is 0 Å². The number of hydrogen-bond donors (Lipinski definition) is 5. The number of rotatable bonds is 18. The topological polar surface area (TPSA) is 181 Å². The van der Waals surface area contributed by atoms with Crippen LogP contribution in [-0.2, 0) is 33.5 Å². The summed E-state index contributed by atoms with van der Waals surface area (Å²) in [6.07, 6.45) is 15.2. The van der Waals surface area contributed by atoms with Crippen LogP contribution in [0.15, 0.2) is 89.8 Å². The van der Waals surface area contributed by atoms with Gasteiger partial charge in [0.2, 0.25) is 5.78 Å². The second kappa shape index (κ2) is 17.9. The van der Waals surface area contributed by atoms with Crippen LogP contribution in [0.2, 0.25) is 0 Å². The Balaban J connectivity index is 1.20. The number of nitrogen functional groups attached to an aromatic ring is 1. The number of nitrogens with two attached hydrogens (primary N) is 1. The first-order valence-electron chi connectivity index (χ1n) is 21.4. The molecule has 0 amide bonds. The molecule has 0 unspecified atom stereocenters. The molecule has 0 radical (unpaired) electrons. The number of pyridine rings is 2. The first kappa shape index (κ1) is 43.1. The largest absolute Gasteiger partial charge is 0.463 e. The van der Waals surface area contributed by atoms with Crippen molar-refractivity contribution in [2.24, 2.45) is 17.3 Å². The van der Waals surface area contributed by atoms with Crippen molar-refractivity contribution in [3.8, 4) is 0 Å². The van der Waals surface area contributed by atoms with Gasteiger partial charge in [0.15, 0.2) is 11.4 Å². The first-order chi connectivity index (χ1) is 28.8. The number of aryl methyl sites for hydroxylation is 1. The molecule has 12 nitrogen and oxygen atoms in total. The molecule has 6 N–H and O–H groups in total. The predicted octanol–water partition coefficient (Wildman–Crippen LogP) is 6.11. The summed E-state index contributed by atoms with van der Waals surface area (Å²) in [6.45, 7) is 9.17. The number of aliphatic hydroxyl groups excluding tert-OH is 1. The Hall–Kier alpha value is -5.01. The summed E-state index contributed by atoms with van der Waals surface area (Å²) in [7, 11) is 1.85. The molecular formula is C48H60N6O6. The number of aliphatic hydroxyl groups is 1. The number of ketones is 2. The average molecular weight is 817 g/mol. The van der Waals surface area contributed by atoms with Gasteiger partial charge in [-0.15, -0.1) is 0 Å². The van der Waals surface area contributed by atoms with Gasteiger partial charge in [-0.2, -0.15) is 0 Å². The number of hydrogen-bond acceptors (Lipinski definition) is 12. The number of Topliss-reactive ketones (excluding diaryl/α,β-unsaturated/α-hetero) is 2. The van der Waals surface area contributed by atoms with Crippen LogP contribution < -0.4 is 21.7 Å². The van der Waals surface area contributed by atoms with E-state index in [4.69, 9.17) is 15.2 Å². The van der Waals surface area contributed by atoms with Crippen molar-refractivity contribution in [3.63, 3.8) is 0 Å². The minimum absolute atomic E-state index is 0.0178. The molecule has 12 heteroatoms. The molecule has 7 rings (SSSR count). The van der Waals surface area contributed by atoms with Gasteiger partial charge in [-0.3, -0.25) is 9.59 Å². The van der Waals surface area contributed by atoms with Crippen molar-refractivity contribution in [2.45, 2.75) is 96.3 Å². The predicted molar refractivity (Wildman–Crippen MR) is 232 cm³/mol. The molecule has 3 heterocycles. The lowest BCUT2D eigenvalue weighted by molar-refractivity contribution is -0.150. The van der Waals surface area contributed by atoms with Crippen LogP contribution in [0.25, 0.3) is 0 Å². The Morgan fingerprint density at radius 1 is 1.10 bits per heavy atom. The van der Waals surface area contributed by atoms with Gasteiger partial charge in [-0.1, -0.05) is 68.8 Å². The van der Waals surface area contributed by atoms with Crippen LogP contribution in [0, 0.1) is 17.3 Å². The van der Waals surface area contributed by atoms with E-state index in [1.54, 1.807) is 30.6 Å². The van der Waals surface area contributed by atoms with Crippen molar-refractivity contribution in [1.29, 1.82) is 0 Å². The molecule has 0 bridgehead atoms. The third-order valence-corrected chi connectivity index (χ3v) is 12.8. The molecule has 1 aromatic carbocycles. The van der Waals surface area contributed by atoms with Crippen molar-refractivity contribution in [2.75, 3.05) is 44.5 Å². The summed E-state index contributed by atoms with van der Waals surface area (Å²) in [5.74, 6) is -0.354. The van der Waals surface area contributed by atoms with Crippen LogP contribution in [0.5, 0.6) is 0 Å². The third-order valence-electron chi connectivity index (χ3n) is 12.8. The highest BCUT2D eigenvalue weighted by atomic mass is 16.7. The molecule has 0 spiro atoms. The smallest absolute Gasteiger partial charge is 0.350 e. The maximum atomic E-state index is 15.2. The van der Waals surface area contributed by atoms with E-state index in [0.29, 0.717) is 55.2 Å². The number of epoxide rings is 1. The van der Waals surface area contributed by atoms with Gasteiger partial charge in [-0.05, 0) is 123 Å². The van der Waals surface area contributed by atoms with Gasteiger partial charge in [0.25, 0.3) is 5.60 Å². The number of ether oxygens (including phenoxy) is 2. The minimum atomic E-state index is -2.19. The Labute approximate surface area is 353 Å². The van der Waals surface area contributed by atoms with Gasteiger partial charge in [-0.25, -0.2) is 14.8 Å². The van der Waals surface area contributed by atoms with Gasteiger partial charge in [0.05, 0.1) is 19.9 Å². The standard InChI is InChI=1S/C48H60N6O6/c1-6-51-39-22-34-11-8-7-10-33(34)21-36(39)28-59-45(58)48-44(57)42-35(24-46(3,4)23-32-16-17-40(49)53-26-32)12-9-13-38(42)43(56)47(48,60-48)25-37(27-55)30(2)14-15-31-18-19-52-41(20-31)54-29-50-5/h8-9,11-13,16-20,22,26,33,36,39,50-51,55H,6-7,10,14-15,21,23-25,27-29H2,1-5H3,(H2,49,53)(H,52,54)/b37-30-/t33-,36-,39+,47-,48-/m0/s1. The molecule has 1 aliphatic heterocycles. The average Bonchev–Trinajstić information content (AvgIpc) is 3.94. The quantitative estimate of drug-likeness (QED) is 0.0327. The van der Waals surface area contributed by atoms with Crippen molar-refractivity contribution in [1.82, 2.24) is 20.6 Å². The van der Waals surface area contributed by atoms with E-state index in [-0.39, 0.29) is 48.1 Å². The molecule has 1 fully saturated rings. The molecule has 0 saturated carbocycles. The van der Waals surface area contributed by atoms with Gasteiger partial charge >= 0.3 is 5.97 Å². The number of esters is 1. The van der Waals surface area contributed by atoms with Crippen LogP contribution >= 0.6 is 0 Å². The zero-order chi connectivity index (χ0) is 42.7. The summed E-state index contributed by atoms with van der Waals surface area (Å²) in [6, 6.07) is 12.9. The zero-order valence-electron chi connectivity index (χ0n) is 35.6. The fourth-order valence-corrected chi connectivity index (χ4v) is 9.58. The molecule has 3 aromatic rings. The third kappa shape index (κ3) is 8.61. The number of benzene rings is 1. The number of carbonyl (C=O) groups is 3. The van der Waals surface area contributed by atoms with E-state index < -0.39 is 28.7 Å². The lowest BCUT2D eigenvalue weighted by Crippen LogP contribution is -2.52. The van der Waals surface area contributed by atoms with E-state index in [1.165, 1.54) is 5.57 Å². The highest BCUT2D eigenvalue weighted by Gasteiger charge is 2.85. The van der Waals surface area contributed by atoms with Gasteiger partial charge < -0.3 is 36.3 Å². The van der Waals surface area contributed by atoms with Gasteiger partial charge in [0.1, 0.15) is 11.6 Å². The first-order valence-corrected chi connectivity index (χ1v) is 21.4. The molecule has 5 atom stereocenters. The zero-order valence-corrected chi connectivity index (χ0v) is 35.6. The lowest BCUT2D eigenvalue weighted by Gasteiger charge is -2.36. The highest BCUT2D eigenvalue weighted by molar-refractivity contribution is 6.33. The molecular weight excluding hydrogens is 757 g/mol. The molecule has 4 aliphatic rings. The van der Waals surface area contributed by atoms with Gasteiger partial charge in [0, 0.05) is 41.9 Å². The molecule has 2 aromatic heterocycles. The van der Waals surface area contributed by atoms with E-state index in [1.807, 2.05) is 38.2 Å². The number of anilines is 2. The SMILES string of the molecule is CCN[C@@H]1C=C2C=CCC[C@H]2C[C@H]1COC(=O)[C@]12O[C@@]1(C/C(CO)=C(\C)CCc1ccnc(NCNC)c1)C(=O)c1cccc(CC(C)(C)Cc3ccc(N)nc3)c1C2=O. The molecule has 60 heavy (non-hydrogen) atoms. The fourth-order valence-electron chi connectivity index (χ4n) is 9.58. The minimum Gasteiger partial charge on any atom is -0.463 e.